The third-order valence-electron chi connectivity index (χ3n) is 5.28. The van der Waals surface area contributed by atoms with Gasteiger partial charge < -0.3 is 14.1 Å². The minimum Gasteiger partial charge on any atom is -0.459 e. The van der Waals surface area contributed by atoms with Crippen LogP contribution in [0.5, 0.6) is 11.5 Å². The molecule has 0 aliphatic carbocycles. The molecule has 0 radical (unpaired) electrons. The Morgan fingerprint density at radius 1 is 1.00 bits per heavy atom. The number of piperazine rings is 1. The number of nitrogens with zero attached hydrogens (tertiary/aromatic N) is 2. The molecule has 2 aromatic carbocycles. The minimum atomic E-state index is -0.0281. The van der Waals surface area contributed by atoms with Gasteiger partial charge in [0.25, 0.3) is 5.91 Å². The van der Waals surface area contributed by atoms with Gasteiger partial charge in [-0.3, -0.25) is 9.69 Å². The van der Waals surface area contributed by atoms with Crippen LogP contribution in [0, 0.1) is 0 Å². The molecule has 1 saturated heterocycles. The summed E-state index contributed by atoms with van der Waals surface area (Å²) < 4.78 is 11.4. The number of rotatable bonds is 6. The number of benzene rings is 2. The van der Waals surface area contributed by atoms with E-state index < -0.39 is 0 Å². The van der Waals surface area contributed by atoms with Crippen LogP contribution in [0.3, 0.4) is 0 Å². The Morgan fingerprint density at radius 3 is 2.59 bits per heavy atom. The van der Waals surface area contributed by atoms with Crippen LogP contribution in [-0.4, -0.2) is 41.9 Å². The van der Waals surface area contributed by atoms with Crippen LogP contribution in [-0.2, 0) is 13.0 Å². The molecule has 0 spiro atoms. The van der Waals surface area contributed by atoms with Crippen molar-refractivity contribution in [3.8, 4) is 11.5 Å². The van der Waals surface area contributed by atoms with E-state index >= 15 is 0 Å². The Balaban J connectivity index is 1.35. The van der Waals surface area contributed by atoms with Crippen molar-refractivity contribution in [1.82, 2.24) is 9.80 Å². The quantitative estimate of drug-likeness (QED) is 0.617. The van der Waals surface area contributed by atoms with E-state index in [4.69, 9.17) is 9.15 Å². The zero-order chi connectivity index (χ0) is 20.1. The molecule has 0 N–H and O–H groups in total. The molecule has 0 unspecified atom stereocenters. The van der Waals surface area contributed by atoms with Gasteiger partial charge in [-0.25, -0.2) is 0 Å². The Kier molecular flexibility index (Phi) is 5.96. The van der Waals surface area contributed by atoms with Gasteiger partial charge in [-0.15, -0.1) is 0 Å². The maximum absolute atomic E-state index is 12.4. The second kappa shape index (κ2) is 8.97. The van der Waals surface area contributed by atoms with Crippen LogP contribution < -0.4 is 4.74 Å². The number of amides is 1. The maximum atomic E-state index is 12.4. The number of para-hydroxylation sites is 1. The summed E-state index contributed by atoms with van der Waals surface area (Å²) in [6, 6.07) is 19.9. The molecule has 29 heavy (non-hydrogen) atoms. The summed E-state index contributed by atoms with van der Waals surface area (Å²) in [4.78, 5) is 16.6. The standard InChI is InChI=1S/C24H26N2O3/c1-2-20-8-3-4-10-22(20)29-21-9-5-7-19(17-21)18-25-12-14-26(15-13-25)24(27)23-11-6-16-28-23/h3-11,16-17H,2,12-15,18H2,1H3. The molecule has 1 amide bonds. The summed E-state index contributed by atoms with van der Waals surface area (Å²) in [5, 5.41) is 0. The molecule has 2 heterocycles. The Morgan fingerprint density at radius 2 is 1.83 bits per heavy atom. The van der Waals surface area contributed by atoms with Gasteiger partial charge in [0.2, 0.25) is 0 Å². The number of carbonyl (C=O) groups is 1. The van der Waals surface area contributed by atoms with Crippen molar-refractivity contribution in [1.29, 1.82) is 0 Å². The first-order valence-electron chi connectivity index (χ1n) is 10.1. The molecule has 1 fully saturated rings. The van der Waals surface area contributed by atoms with Crippen LogP contribution in [0.25, 0.3) is 0 Å². The van der Waals surface area contributed by atoms with E-state index in [1.807, 2.05) is 35.2 Å². The lowest BCUT2D eigenvalue weighted by atomic mass is 10.1. The molecule has 0 atom stereocenters. The third kappa shape index (κ3) is 4.69. The molecule has 0 bridgehead atoms. The average Bonchev–Trinajstić information content (AvgIpc) is 3.29. The number of furan rings is 1. The highest BCUT2D eigenvalue weighted by Crippen LogP contribution is 2.26. The second-order valence-electron chi connectivity index (χ2n) is 7.26. The van der Waals surface area contributed by atoms with Crippen molar-refractivity contribution in [3.05, 3.63) is 83.8 Å². The molecule has 3 aromatic rings. The number of hydrogen-bond acceptors (Lipinski definition) is 4. The molecule has 5 heteroatoms. The number of aryl methyl sites for hydroxylation is 1. The fourth-order valence-electron chi connectivity index (χ4n) is 3.65. The molecule has 150 valence electrons. The largest absolute Gasteiger partial charge is 0.459 e. The fourth-order valence-corrected chi connectivity index (χ4v) is 3.65. The monoisotopic (exact) mass is 390 g/mol. The van der Waals surface area contributed by atoms with Crippen LogP contribution in [0.4, 0.5) is 0 Å². The predicted molar refractivity (Wildman–Crippen MR) is 112 cm³/mol. The molecular formula is C24H26N2O3. The van der Waals surface area contributed by atoms with Crippen LogP contribution in [0.1, 0.15) is 28.6 Å². The van der Waals surface area contributed by atoms with Crippen molar-refractivity contribution in [2.75, 3.05) is 26.2 Å². The van der Waals surface area contributed by atoms with Gasteiger partial charge in [0.1, 0.15) is 11.5 Å². The summed E-state index contributed by atoms with van der Waals surface area (Å²) >= 11 is 0. The molecule has 0 saturated carbocycles. The smallest absolute Gasteiger partial charge is 0.289 e. The van der Waals surface area contributed by atoms with Crippen molar-refractivity contribution < 1.29 is 13.9 Å². The van der Waals surface area contributed by atoms with Crippen molar-refractivity contribution in [2.24, 2.45) is 0 Å². The second-order valence-corrected chi connectivity index (χ2v) is 7.26. The number of hydrogen-bond donors (Lipinski definition) is 0. The first kappa shape index (κ1) is 19.3. The molecule has 1 aliphatic rings. The molecule has 1 aromatic heterocycles. The zero-order valence-electron chi connectivity index (χ0n) is 16.7. The highest BCUT2D eigenvalue weighted by atomic mass is 16.5. The molecule has 4 rings (SSSR count). The van der Waals surface area contributed by atoms with E-state index in [0.29, 0.717) is 18.8 Å². The van der Waals surface area contributed by atoms with Crippen molar-refractivity contribution in [3.63, 3.8) is 0 Å². The first-order valence-corrected chi connectivity index (χ1v) is 10.1. The van der Waals surface area contributed by atoms with Gasteiger partial charge in [0, 0.05) is 32.7 Å². The Bertz CT molecular complexity index is 944. The van der Waals surface area contributed by atoms with Gasteiger partial charge in [-0.05, 0) is 47.9 Å². The summed E-state index contributed by atoms with van der Waals surface area (Å²) in [7, 11) is 0. The van der Waals surface area contributed by atoms with Gasteiger partial charge in [0.05, 0.1) is 6.26 Å². The zero-order valence-corrected chi connectivity index (χ0v) is 16.7. The average molecular weight is 390 g/mol. The van der Waals surface area contributed by atoms with E-state index in [-0.39, 0.29) is 5.91 Å². The van der Waals surface area contributed by atoms with Crippen LogP contribution in [0.15, 0.2) is 71.3 Å². The normalized spacial score (nSPS) is 14.7. The van der Waals surface area contributed by atoms with Gasteiger partial charge in [-0.2, -0.15) is 0 Å². The van der Waals surface area contributed by atoms with Crippen molar-refractivity contribution in [2.45, 2.75) is 19.9 Å². The Labute approximate surface area is 171 Å². The van der Waals surface area contributed by atoms with E-state index in [2.05, 4.69) is 30.0 Å². The molecule has 5 nitrogen and oxygen atoms in total. The van der Waals surface area contributed by atoms with E-state index in [0.717, 1.165) is 37.6 Å². The van der Waals surface area contributed by atoms with Gasteiger partial charge >= 0.3 is 0 Å². The highest BCUT2D eigenvalue weighted by molar-refractivity contribution is 5.91. The van der Waals surface area contributed by atoms with Gasteiger partial charge in [-0.1, -0.05) is 37.3 Å². The fraction of sp³-hybridized carbons (Fsp3) is 0.292. The topological polar surface area (TPSA) is 45.9 Å². The lowest BCUT2D eigenvalue weighted by molar-refractivity contribution is 0.0598. The van der Waals surface area contributed by atoms with E-state index in [1.54, 1.807) is 12.1 Å². The number of carbonyl (C=O) groups excluding carboxylic acids is 1. The van der Waals surface area contributed by atoms with E-state index in [9.17, 15) is 4.79 Å². The van der Waals surface area contributed by atoms with Gasteiger partial charge in [0.15, 0.2) is 5.76 Å². The Hall–Kier alpha value is -3.05. The third-order valence-corrected chi connectivity index (χ3v) is 5.28. The molecular weight excluding hydrogens is 364 g/mol. The highest BCUT2D eigenvalue weighted by Gasteiger charge is 2.23. The lowest BCUT2D eigenvalue weighted by Gasteiger charge is -2.34. The van der Waals surface area contributed by atoms with Crippen LogP contribution in [0.2, 0.25) is 0 Å². The summed E-state index contributed by atoms with van der Waals surface area (Å²) in [5.74, 6) is 2.16. The minimum absolute atomic E-state index is 0.0281. The summed E-state index contributed by atoms with van der Waals surface area (Å²) in [5.41, 5.74) is 2.41. The first-order chi connectivity index (χ1) is 14.2. The number of ether oxygens (including phenoxy) is 1. The SMILES string of the molecule is CCc1ccccc1Oc1cccc(CN2CCN(C(=O)c3ccco3)CC2)c1. The van der Waals surface area contributed by atoms with Crippen molar-refractivity contribution >= 4 is 5.91 Å². The summed E-state index contributed by atoms with van der Waals surface area (Å²) in [6.45, 7) is 6.08. The predicted octanol–water partition coefficient (Wildman–Crippen LogP) is 4.59. The summed E-state index contributed by atoms with van der Waals surface area (Å²) in [6.07, 6.45) is 2.48. The lowest BCUT2D eigenvalue weighted by Crippen LogP contribution is -2.48. The van der Waals surface area contributed by atoms with E-state index in [1.165, 1.54) is 17.4 Å². The van der Waals surface area contributed by atoms with Crippen LogP contribution >= 0.6 is 0 Å². The molecule has 1 aliphatic heterocycles. The maximum Gasteiger partial charge on any atom is 0.289 e.